The van der Waals surface area contributed by atoms with Crippen molar-refractivity contribution in [2.45, 2.75) is 45.2 Å². The van der Waals surface area contributed by atoms with Crippen molar-refractivity contribution in [2.75, 3.05) is 6.54 Å². The topological polar surface area (TPSA) is 89.4 Å². The molecule has 0 unspecified atom stereocenters. The zero-order valence-corrected chi connectivity index (χ0v) is 9.98. The van der Waals surface area contributed by atoms with E-state index in [1.54, 1.807) is 0 Å². The summed E-state index contributed by atoms with van der Waals surface area (Å²) in [6, 6.07) is -0.967. The fourth-order valence-corrected chi connectivity index (χ4v) is 2.15. The molecular formula is C11H21N3O2. The van der Waals surface area contributed by atoms with Gasteiger partial charge in [-0.2, -0.15) is 0 Å². The van der Waals surface area contributed by atoms with Crippen LogP contribution in [0.15, 0.2) is 0 Å². The fraction of sp³-hybridized carbons (Fsp3) is 0.818. The average molecular weight is 227 g/mol. The number of nitrogens with zero attached hydrogens (tertiary/aromatic N) is 1. The Bertz CT molecular complexity index is 278. The lowest BCUT2D eigenvalue weighted by Crippen LogP contribution is -2.50. The summed E-state index contributed by atoms with van der Waals surface area (Å²) in [7, 11) is 0. The highest BCUT2D eigenvalue weighted by molar-refractivity contribution is 5.89. The first kappa shape index (κ1) is 13.0. The normalized spacial score (nSPS) is 22.5. The van der Waals surface area contributed by atoms with Crippen LogP contribution < -0.4 is 11.5 Å². The number of likely N-dealkylation sites (tertiary alicyclic amines) is 1. The van der Waals surface area contributed by atoms with Crippen LogP contribution in [-0.2, 0) is 9.59 Å². The Morgan fingerprint density at radius 2 is 2.06 bits per heavy atom. The minimum Gasteiger partial charge on any atom is -0.368 e. The molecule has 0 bridgehead atoms. The number of amides is 2. The number of carbonyl (C=O) groups excluding carboxylic acids is 2. The molecule has 1 heterocycles. The van der Waals surface area contributed by atoms with Crippen molar-refractivity contribution in [1.82, 2.24) is 4.90 Å². The molecule has 4 N–H and O–H groups in total. The van der Waals surface area contributed by atoms with E-state index in [4.69, 9.17) is 11.5 Å². The molecular weight excluding hydrogens is 206 g/mol. The van der Waals surface area contributed by atoms with Crippen LogP contribution in [0.5, 0.6) is 0 Å². The lowest BCUT2D eigenvalue weighted by atomic mass is 10.0. The molecule has 0 radical (unpaired) electrons. The molecule has 1 rings (SSSR count). The van der Waals surface area contributed by atoms with Crippen LogP contribution in [-0.4, -0.2) is 35.3 Å². The third-order valence-electron chi connectivity index (χ3n) is 2.91. The van der Waals surface area contributed by atoms with Crippen LogP contribution in [0, 0.1) is 5.92 Å². The Balaban J connectivity index is 2.62. The van der Waals surface area contributed by atoms with Crippen LogP contribution in [0.2, 0.25) is 0 Å². The monoisotopic (exact) mass is 227 g/mol. The van der Waals surface area contributed by atoms with Gasteiger partial charge >= 0.3 is 0 Å². The second kappa shape index (κ2) is 5.30. The van der Waals surface area contributed by atoms with E-state index < -0.39 is 18.0 Å². The molecule has 92 valence electrons. The van der Waals surface area contributed by atoms with Crippen LogP contribution in [0.25, 0.3) is 0 Å². The van der Waals surface area contributed by atoms with Gasteiger partial charge in [-0.1, -0.05) is 13.8 Å². The zero-order chi connectivity index (χ0) is 12.3. The molecule has 2 amide bonds. The van der Waals surface area contributed by atoms with E-state index >= 15 is 0 Å². The molecule has 1 aliphatic heterocycles. The van der Waals surface area contributed by atoms with Gasteiger partial charge in [0, 0.05) is 6.54 Å². The Morgan fingerprint density at radius 3 is 2.56 bits per heavy atom. The summed E-state index contributed by atoms with van der Waals surface area (Å²) in [4.78, 5) is 24.7. The van der Waals surface area contributed by atoms with Gasteiger partial charge in [0.2, 0.25) is 11.8 Å². The SMILES string of the molecule is CC(C)C[C@H](N)C(=O)N1CCC[C@H]1C(N)=O. The first-order chi connectivity index (χ1) is 7.43. The molecule has 16 heavy (non-hydrogen) atoms. The van der Waals surface area contributed by atoms with Crippen molar-refractivity contribution >= 4 is 11.8 Å². The summed E-state index contributed by atoms with van der Waals surface area (Å²) in [6.45, 7) is 4.63. The smallest absolute Gasteiger partial charge is 0.240 e. The molecule has 0 aromatic rings. The summed E-state index contributed by atoms with van der Waals surface area (Å²) < 4.78 is 0. The Morgan fingerprint density at radius 1 is 1.44 bits per heavy atom. The maximum Gasteiger partial charge on any atom is 0.240 e. The minimum absolute atomic E-state index is 0.144. The van der Waals surface area contributed by atoms with Crippen molar-refractivity contribution in [3.05, 3.63) is 0 Å². The second-order valence-electron chi connectivity index (χ2n) is 4.83. The van der Waals surface area contributed by atoms with Gasteiger partial charge in [-0.25, -0.2) is 0 Å². The summed E-state index contributed by atoms with van der Waals surface area (Å²) in [5.41, 5.74) is 11.1. The number of hydrogen-bond donors (Lipinski definition) is 2. The molecule has 2 atom stereocenters. The van der Waals surface area contributed by atoms with Crippen LogP contribution >= 0.6 is 0 Å². The highest BCUT2D eigenvalue weighted by Crippen LogP contribution is 2.18. The zero-order valence-electron chi connectivity index (χ0n) is 9.98. The van der Waals surface area contributed by atoms with E-state index in [-0.39, 0.29) is 5.91 Å². The average Bonchev–Trinajstić information content (AvgIpc) is 2.63. The molecule has 5 nitrogen and oxygen atoms in total. The Labute approximate surface area is 96.1 Å². The summed E-state index contributed by atoms with van der Waals surface area (Å²) >= 11 is 0. The number of rotatable bonds is 4. The largest absolute Gasteiger partial charge is 0.368 e. The van der Waals surface area contributed by atoms with Gasteiger partial charge < -0.3 is 16.4 Å². The quantitative estimate of drug-likeness (QED) is 0.699. The van der Waals surface area contributed by atoms with Gasteiger partial charge in [-0.15, -0.1) is 0 Å². The van der Waals surface area contributed by atoms with Crippen molar-refractivity contribution in [2.24, 2.45) is 17.4 Å². The summed E-state index contributed by atoms with van der Waals surface area (Å²) in [6.07, 6.45) is 2.13. The number of hydrogen-bond acceptors (Lipinski definition) is 3. The molecule has 0 aromatic carbocycles. The van der Waals surface area contributed by atoms with Crippen molar-refractivity contribution in [1.29, 1.82) is 0 Å². The molecule has 0 aliphatic carbocycles. The number of primary amides is 1. The van der Waals surface area contributed by atoms with Crippen molar-refractivity contribution < 1.29 is 9.59 Å². The molecule has 1 fully saturated rings. The van der Waals surface area contributed by atoms with Crippen molar-refractivity contribution in [3.8, 4) is 0 Å². The predicted octanol–water partition coefficient (Wildman–Crippen LogP) is -0.164. The van der Waals surface area contributed by atoms with E-state index in [2.05, 4.69) is 0 Å². The Kier molecular flexibility index (Phi) is 4.29. The predicted molar refractivity (Wildman–Crippen MR) is 61.4 cm³/mol. The first-order valence-corrected chi connectivity index (χ1v) is 5.79. The van der Waals surface area contributed by atoms with Gasteiger partial charge in [0.15, 0.2) is 0 Å². The lowest BCUT2D eigenvalue weighted by molar-refractivity contribution is -0.138. The standard InChI is InChI=1S/C11H21N3O2/c1-7(2)6-8(12)11(16)14-5-3-4-9(14)10(13)15/h7-9H,3-6,12H2,1-2H3,(H2,13,15)/t8-,9-/m0/s1. The maximum absolute atomic E-state index is 12.0. The molecule has 1 aliphatic rings. The Hall–Kier alpha value is -1.10. The lowest BCUT2D eigenvalue weighted by Gasteiger charge is -2.26. The summed E-state index contributed by atoms with van der Waals surface area (Å²) in [5, 5.41) is 0. The van der Waals surface area contributed by atoms with Gasteiger partial charge in [-0.05, 0) is 25.2 Å². The third kappa shape index (κ3) is 2.95. The van der Waals surface area contributed by atoms with Crippen LogP contribution in [0.3, 0.4) is 0 Å². The first-order valence-electron chi connectivity index (χ1n) is 5.79. The van der Waals surface area contributed by atoms with Gasteiger partial charge in [0.1, 0.15) is 6.04 Å². The van der Waals surface area contributed by atoms with E-state index in [0.29, 0.717) is 25.3 Å². The van der Waals surface area contributed by atoms with E-state index in [9.17, 15) is 9.59 Å². The molecule has 1 saturated heterocycles. The molecule has 0 aromatic heterocycles. The van der Waals surface area contributed by atoms with Crippen LogP contribution in [0.1, 0.15) is 33.1 Å². The van der Waals surface area contributed by atoms with Gasteiger partial charge in [-0.3, -0.25) is 9.59 Å². The maximum atomic E-state index is 12.0. The molecule has 0 saturated carbocycles. The molecule has 0 spiro atoms. The minimum atomic E-state index is -0.514. The van der Waals surface area contributed by atoms with Gasteiger partial charge in [0.05, 0.1) is 6.04 Å². The number of carbonyl (C=O) groups is 2. The van der Waals surface area contributed by atoms with E-state index in [1.807, 2.05) is 13.8 Å². The highest BCUT2D eigenvalue weighted by atomic mass is 16.2. The number of nitrogens with two attached hydrogens (primary N) is 2. The third-order valence-corrected chi connectivity index (χ3v) is 2.91. The van der Waals surface area contributed by atoms with Crippen molar-refractivity contribution in [3.63, 3.8) is 0 Å². The van der Waals surface area contributed by atoms with E-state index in [1.165, 1.54) is 4.90 Å². The van der Waals surface area contributed by atoms with Crippen LogP contribution in [0.4, 0.5) is 0 Å². The highest BCUT2D eigenvalue weighted by Gasteiger charge is 2.34. The molecule has 5 heteroatoms. The fourth-order valence-electron chi connectivity index (χ4n) is 2.15. The summed E-state index contributed by atoms with van der Waals surface area (Å²) in [5.74, 6) is -0.203. The second-order valence-corrected chi connectivity index (χ2v) is 4.83. The van der Waals surface area contributed by atoms with E-state index in [0.717, 1.165) is 6.42 Å². The van der Waals surface area contributed by atoms with Gasteiger partial charge in [0.25, 0.3) is 0 Å².